The first-order valence-corrected chi connectivity index (χ1v) is 23.2. The molecule has 0 aliphatic rings. The van der Waals surface area contributed by atoms with Crippen molar-refractivity contribution in [2.45, 2.75) is 91.1 Å². The van der Waals surface area contributed by atoms with Gasteiger partial charge in [0.15, 0.2) is 0 Å². The Morgan fingerprint density at radius 2 is 1.09 bits per heavy atom. The van der Waals surface area contributed by atoms with Gasteiger partial charge in [-0.1, -0.05) is 39.6 Å². The number of amides is 7. The number of carbonyl (C=O) groups excluding carboxylic acids is 7. The number of aliphatic carboxylic acids is 2. The lowest BCUT2D eigenvalue weighted by Gasteiger charge is -2.40. The van der Waals surface area contributed by atoms with Gasteiger partial charge in [0.2, 0.25) is 41.4 Å². The van der Waals surface area contributed by atoms with E-state index in [0.717, 1.165) is 11.9 Å². The summed E-state index contributed by atoms with van der Waals surface area (Å²) in [7, 11) is -4.22. The molecule has 0 saturated carbocycles. The van der Waals surface area contributed by atoms with E-state index in [9.17, 15) is 66.3 Å². The van der Waals surface area contributed by atoms with Crippen molar-refractivity contribution in [2.24, 2.45) is 16.6 Å². The van der Waals surface area contributed by atoms with Crippen molar-refractivity contribution in [2.75, 3.05) is 84.0 Å². The molecule has 0 fully saturated rings. The predicted octanol–water partition coefficient (Wildman–Crippen LogP) is -2.15. The first kappa shape index (κ1) is 60.3. The lowest BCUT2D eigenvalue weighted by molar-refractivity contribution is -0.144. The normalized spacial score (nSPS) is 12.6. The van der Waals surface area contributed by atoms with Gasteiger partial charge >= 0.3 is 11.9 Å². The van der Waals surface area contributed by atoms with E-state index < -0.39 is 93.3 Å². The molecule has 0 heterocycles. The van der Waals surface area contributed by atoms with E-state index in [2.05, 4.69) is 31.3 Å². The first-order chi connectivity index (χ1) is 30.3. The topological polar surface area (TPSA) is 384 Å². The van der Waals surface area contributed by atoms with E-state index in [1.807, 2.05) is 0 Å². The average molecular weight is 974 g/mol. The fourth-order valence-corrected chi connectivity index (χ4v) is 7.16. The second kappa shape index (κ2) is 32.9. The maximum atomic E-state index is 12.4. The molecule has 0 aliphatic heterocycles. The summed E-state index contributed by atoms with van der Waals surface area (Å²) in [5.41, 5.74) is 3.31. The third kappa shape index (κ3) is 32.6. The van der Waals surface area contributed by atoms with Crippen molar-refractivity contribution >= 4 is 75.4 Å². The number of ether oxygens (including phenoxy) is 4. The second-order valence-corrected chi connectivity index (χ2v) is 18.1. The van der Waals surface area contributed by atoms with Crippen LogP contribution in [0, 0.1) is 10.8 Å². The largest absolute Gasteiger partial charge is 0.480 e. The average Bonchev–Trinajstić information content (AvgIpc) is 3.18. The van der Waals surface area contributed by atoms with Crippen LogP contribution in [0.2, 0.25) is 0 Å². The zero-order valence-corrected chi connectivity index (χ0v) is 39.0. The van der Waals surface area contributed by atoms with Crippen LogP contribution in [0.4, 0.5) is 0 Å². The van der Waals surface area contributed by atoms with E-state index in [1.54, 1.807) is 27.7 Å². The van der Waals surface area contributed by atoms with Gasteiger partial charge in [-0.15, -0.1) is 0 Å². The molecule has 65 heavy (non-hydrogen) atoms. The summed E-state index contributed by atoms with van der Waals surface area (Å²) in [6.45, 7) is 6.55. The SMILES string of the molecule is CC(C)(CC(=O)NSCCCC(=O)NCCOCCOCC(=O)N[C@@H](CCC(=O)N[C@H](CCCC(=O)NCCOCCOCC(=O)NCC(N)=O)C(=O)O)C(=O)O)C(C)(C)CS(=O)(=O)O. The molecule has 25 nitrogen and oxygen atoms in total. The molecule has 27 heteroatoms. The molecule has 374 valence electrons. The lowest BCUT2D eigenvalue weighted by Crippen LogP contribution is -2.44. The van der Waals surface area contributed by atoms with Crippen LogP contribution in [-0.4, -0.2) is 173 Å². The number of carboxylic acids is 2. The summed E-state index contributed by atoms with van der Waals surface area (Å²) in [4.78, 5) is 107. The van der Waals surface area contributed by atoms with Crippen LogP contribution in [0.25, 0.3) is 0 Å². The highest BCUT2D eigenvalue weighted by molar-refractivity contribution is 7.97. The summed E-state index contributed by atoms with van der Waals surface area (Å²) < 4.78 is 55.5. The molecule has 7 amide bonds. The first-order valence-electron chi connectivity index (χ1n) is 20.6. The van der Waals surface area contributed by atoms with Gasteiger partial charge < -0.3 is 66.2 Å². The van der Waals surface area contributed by atoms with Crippen LogP contribution in [0.1, 0.15) is 79.1 Å². The molecule has 11 N–H and O–H groups in total. The van der Waals surface area contributed by atoms with Gasteiger partial charge in [0.05, 0.1) is 51.9 Å². The van der Waals surface area contributed by atoms with Crippen LogP contribution in [0.3, 0.4) is 0 Å². The van der Waals surface area contributed by atoms with Gasteiger partial charge in [-0.2, -0.15) is 8.42 Å². The van der Waals surface area contributed by atoms with Gasteiger partial charge in [-0.3, -0.25) is 38.1 Å². The molecular weight excluding hydrogens is 907 g/mol. The highest BCUT2D eigenvalue weighted by Gasteiger charge is 2.41. The van der Waals surface area contributed by atoms with Crippen molar-refractivity contribution in [3.8, 4) is 0 Å². The molecule has 0 bridgehead atoms. The number of nitrogens with two attached hydrogens (primary N) is 1. The van der Waals surface area contributed by atoms with Crippen molar-refractivity contribution < 1.29 is 85.3 Å². The maximum absolute atomic E-state index is 12.4. The Balaban J connectivity index is 4.16. The molecule has 0 radical (unpaired) electrons. The fourth-order valence-electron chi connectivity index (χ4n) is 5.23. The summed E-state index contributed by atoms with van der Waals surface area (Å²) >= 11 is 1.13. The molecule has 0 unspecified atom stereocenters. The zero-order chi connectivity index (χ0) is 49.5. The van der Waals surface area contributed by atoms with Gasteiger partial charge in [0.1, 0.15) is 25.3 Å². The van der Waals surface area contributed by atoms with Crippen LogP contribution in [0.5, 0.6) is 0 Å². The Morgan fingerprint density at radius 1 is 0.600 bits per heavy atom. The van der Waals surface area contributed by atoms with Gasteiger partial charge in [0.25, 0.3) is 10.1 Å². The zero-order valence-electron chi connectivity index (χ0n) is 37.4. The number of primary amides is 1. The Morgan fingerprint density at radius 3 is 1.62 bits per heavy atom. The summed E-state index contributed by atoms with van der Waals surface area (Å²) in [5, 5.41) is 31.0. The van der Waals surface area contributed by atoms with Crippen LogP contribution in [-0.2, 0) is 72.2 Å². The third-order valence-corrected chi connectivity index (χ3v) is 11.4. The Kier molecular flexibility index (Phi) is 30.5. The molecule has 0 aliphatic carbocycles. The van der Waals surface area contributed by atoms with E-state index >= 15 is 0 Å². The molecule has 0 saturated heterocycles. The second-order valence-electron chi connectivity index (χ2n) is 15.8. The fraction of sp³-hybridized carbons (Fsp3) is 0.763. The predicted molar refractivity (Wildman–Crippen MR) is 232 cm³/mol. The van der Waals surface area contributed by atoms with Gasteiger partial charge in [-0.05, 0) is 36.5 Å². The van der Waals surface area contributed by atoms with Crippen molar-refractivity contribution in [1.82, 2.24) is 31.3 Å². The number of hydrogen-bond acceptors (Lipinski definition) is 16. The molecule has 0 aromatic carbocycles. The number of carbonyl (C=O) groups is 9. The molecule has 0 rings (SSSR count). The number of nitrogens with one attached hydrogen (secondary N) is 6. The van der Waals surface area contributed by atoms with E-state index in [0.29, 0.717) is 12.2 Å². The van der Waals surface area contributed by atoms with Crippen molar-refractivity contribution in [3.63, 3.8) is 0 Å². The minimum absolute atomic E-state index is 0.0274. The van der Waals surface area contributed by atoms with Crippen LogP contribution >= 0.6 is 11.9 Å². The molecular formula is C38H67N7O18S2. The summed E-state index contributed by atoms with van der Waals surface area (Å²) in [6, 6.07) is -2.83. The molecule has 0 aromatic rings. The highest BCUT2D eigenvalue weighted by Crippen LogP contribution is 2.42. The number of hydrogen-bond donors (Lipinski definition) is 10. The Hall–Kier alpha value is -4.67. The third-order valence-electron chi connectivity index (χ3n) is 9.44. The standard InChI is InChI=1S/C38H67N7O18S2/c1-37(2,38(3,4)25-65(57,58)59)21-32(50)45-64-20-6-9-30(48)41-13-15-61-17-19-63-24-34(52)44-27(36(55)56)10-11-31(49)43-26(35(53)54)7-5-8-29(47)40-12-14-60-16-18-62-23-33(51)42-22-28(39)46/h26-27H,5-25H2,1-4H3,(H2,39,46)(H,40,47)(H,41,48)(H,42,51)(H,43,49)(H,44,52)(H,45,50)(H,53,54)(H,55,56)(H,57,58,59)/t26-,27+/m1/s1. The molecule has 0 aromatic heterocycles. The lowest BCUT2D eigenvalue weighted by atomic mass is 9.67. The van der Waals surface area contributed by atoms with E-state index in [-0.39, 0.29) is 116 Å². The number of carboxylic acid groups (broad SMARTS) is 2. The maximum Gasteiger partial charge on any atom is 0.326 e. The minimum atomic E-state index is -4.22. The van der Waals surface area contributed by atoms with E-state index in [1.165, 1.54) is 0 Å². The smallest absolute Gasteiger partial charge is 0.326 e. The van der Waals surface area contributed by atoms with Crippen molar-refractivity contribution in [1.29, 1.82) is 0 Å². The Labute approximate surface area is 382 Å². The molecule has 2 atom stereocenters. The monoisotopic (exact) mass is 973 g/mol. The van der Waals surface area contributed by atoms with Crippen LogP contribution < -0.4 is 37.0 Å². The Bertz CT molecular complexity index is 1670. The van der Waals surface area contributed by atoms with Gasteiger partial charge in [0, 0.05) is 44.5 Å². The minimum Gasteiger partial charge on any atom is -0.480 e. The summed E-state index contributed by atoms with van der Waals surface area (Å²) in [6.07, 6.45) is -0.148. The van der Waals surface area contributed by atoms with Gasteiger partial charge in [-0.25, -0.2) is 9.59 Å². The summed E-state index contributed by atoms with van der Waals surface area (Å²) in [5.74, 6) is -6.53. The van der Waals surface area contributed by atoms with E-state index in [4.69, 9.17) is 24.7 Å². The highest BCUT2D eigenvalue weighted by atomic mass is 32.2. The quantitative estimate of drug-likeness (QED) is 0.0178. The van der Waals surface area contributed by atoms with Crippen LogP contribution in [0.15, 0.2) is 0 Å². The van der Waals surface area contributed by atoms with Crippen molar-refractivity contribution in [3.05, 3.63) is 0 Å². The molecule has 0 spiro atoms. The number of rotatable bonds is 39.